The molecule has 0 amide bonds. The Bertz CT molecular complexity index is 1390. The molecule has 1 saturated heterocycles. The molecule has 0 aromatic heterocycles. The first-order valence-electron chi connectivity index (χ1n) is 14.9. The van der Waals surface area contributed by atoms with Crippen LogP contribution in [0.1, 0.15) is 44.1 Å². The molecule has 3 fully saturated rings. The van der Waals surface area contributed by atoms with Crippen LogP contribution in [0.3, 0.4) is 0 Å². The highest BCUT2D eigenvalue weighted by Gasteiger charge is 2.69. The van der Waals surface area contributed by atoms with Crippen molar-refractivity contribution in [2.45, 2.75) is 56.3 Å². The molecule has 0 spiro atoms. The van der Waals surface area contributed by atoms with E-state index in [1.54, 1.807) is 5.31 Å². The second-order valence-corrected chi connectivity index (χ2v) is 15.9. The Morgan fingerprint density at radius 3 is 2.02 bits per heavy atom. The Morgan fingerprint density at radius 2 is 1.48 bits per heavy atom. The largest absolute Gasteiger partial charge is 0.468 e. The monoisotopic (exact) mass is 548 g/mol. The first-order valence-corrected chi connectivity index (χ1v) is 16.8. The average Bonchev–Trinajstić information content (AvgIpc) is 3.43. The molecule has 2 saturated carbocycles. The minimum absolute atomic E-state index is 0.0794. The summed E-state index contributed by atoms with van der Waals surface area (Å²) >= 11 is 0. The lowest BCUT2D eigenvalue weighted by Gasteiger charge is -2.42. The van der Waals surface area contributed by atoms with E-state index in [-0.39, 0.29) is 24.0 Å². The van der Waals surface area contributed by atoms with E-state index in [1.165, 1.54) is 41.7 Å². The minimum atomic E-state index is -1.94. The van der Waals surface area contributed by atoms with Crippen LogP contribution in [0.4, 0.5) is 0 Å². The molecule has 4 aliphatic rings. The lowest BCUT2D eigenvalue weighted by atomic mass is 9.87. The van der Waals surface area contributed by atoms with Gasteiger partial charge < -0.3 is 4.74 Å². The van der Waals surface area contributed by atoms with Gasteiger partial charge in [-0.1, -0.05) is 79.7 Å². The van der Waals surface area contributed by atoms with Crippen molar-refractivity contribution in [3.8, 4) is 0 Å². The number of hydrogen-bond donors (Lipinski definition) is 1. The maximum Gasteiger partial charge on any atom is 0.323 e. The van der Waals surface area contributed by atoms with Gasteiger partial charge in [0.1, 0.15) is 29.2 Å². The van der Waals surface area contributed by atoms with Gasteiger partial charge in [0.25, 0.3) is 0 Å². The van der Waals surface area contributed by atoms with E-state index in [0.29, 0.717) is 11.6 Å². The SMILES string of the molecule is COC(=O)C1NC(C2=CC(C)CC=C2[P+](c2ccccc2)(c2ccccc2)C2CC3CC32)CC1c1ccccc1. The number of allylic oxidation sites excluding steroid dienone is 2. The second kappa shape index (κ2) is 10.4. The Kier molecular flexibility index (Phi) is 6.77. The number of nitrogens with one attached hydrogen (secondary N) is 1. The van der Waals surface area contributed by atoms with Crippen molar-refractivity contribution in [1.82, 2.24) is 5.32 Å². The molecule has 7 atom stereocenters. The summed E-state index contributed by atoms with van der Waals surface area (Å²) in [4.78, 5) is 13.1. The molecule has 0 radical (unpaired) electrons. The van der Waals surface area contributed by atoms with E-state index in [1.807, 2.05) is 6.07 Å². The zero-order valence-corrected chi connectivity index (χ0v) is 24.3. The molecule has 7 rings (SSSR count). The summed E-state index contributed by atoms with van der Waals surface area (Å²) in [5.41, 5.74) is 3.32. The topological polar surface area (TPSA) is 38.3 Å². The van der Waals surface area contributed by atoms with Crippen LogP contribution in [0.2, 0.25) is 0 Å². The van der Waals surface area contributed by atoms with Crippen molar-refractivity contribution in [3.05, 3.63) is 120 Å². The zero-order valence-electron chi connectivity index (χ0n) is 23.4. The third-order valence-corrected chi connectivity index (χ3v) is 15.0. The van der Waals surface area contributed by atoms with Crippen LogP contribution in [-0.4, -0.2) is 30.8 Å². The maximum absolute atomic E-state index is 13.1. The van der Waals surface area contributed by atoms with Gasteiger partial charge in [0.15, 0.2) is 0 Å². The molecule has 40 heavy (non-hydrogen) atoms. The molecule has 4 heteroatoms. The van der Waals surface area contributed by atoms with E-state index in [0.717, 1.165) is 24.7 Å². The molecule has 1 heterocycles. The van der Waals surface area contributed by atoms with E-state index < -0.39 is 7.26 Å². The number of methoxy groups -OCH3 is 1. The van der Waals surface area contributed by atoms with E-state index in [2.05, 4.69) is 109 Å². The fraction of sp³-hybridized carbons (Fsp3) is 0.361. The molecule has 3 aliphatic carbocycles. The summed E-state index contributed by atoms with van der Waals surface area (Å²) in [5.74, 6) is 2.14. The van der Waals surface area contributed by atoms with E-state index in [4.69, 9.17) is 4.74 Å². The fourth-order valence-electron chi connectivity index (χ4n) is 7.98. The number of fused-ring (bicyclic) bond motifs is 1. The molecule has 1 aliphatic heterocycles. The molecule has 3 aromatic rings. The van der Waals surface area contributed by atoms with Crippen LogP contribution in [0.25, 0.3) is 0 Å². The summed E-state index contributed by atoms with van der Waals surface area (Å²) in [6, 6.07) is 33.1. The Balaban J connectivity index is 1.37. The molecule has 3 aromatic carbocycles. The zero-order chi connectivity index (χ0) is 27.3. The number of benzene rings is 3. The van der Waals surface area contributed by atoms with Crippen LogP contribution in [0, 0.1) is 17.8 Å². The highest BCUT2D eigenvalue weighted by Crippen LogP contribution is 2.80. The first kappa shape index (κ1) is 25.9. The maximum atomic E-state index is 13.1. The molecule has 0 bridgehead atoms. The van der Waals surface area contributed by atoms with Crippen molar-refractivity contribution in [2.24, 2.45) is 17.8 Å². The smallest absolute Gasteiger partial charge is 0.323 e. The van der Waals surface area contributed by atoms with Gasteiger partial charge in [-0.3, -0.25) is 10.1 Å². The molecular weight excluding hydrogens is 509 g/mol. The fourth-order valence-corrected chi connectivity index (χ4v) is 13.8. The number of rotatable bonds is 7. The quantitative estimate of drug-likeness (QED) is 0.267. The predicted molar refractivity (Wildman–Crippen MR) is 166 cm³/mol. The normalized spacial score (nSPS) is 30.9. The molecular formula is C36H39NO2P+. The number of carbonyl (C=O) groups is 1. The lowest BCUT2D eigenvalue weighted by molar-refractivity contribution is -0.143. The van der Waals surface area contributed by atoms with Gasteiger partial charge in [-0.15, -0.1) is 0 Å². The standard InChI is InChI=1S/C36H39NO2P/c1-24-18-19-33(31(20-24)32-23-30(25-12-6-3-7-13-25)35(37-32)36(38)39-2)40(27-14-8-4-9-15-27,28-16-10-5-11-17-28)34-22-26-21-29(26)34/h3-17,19-20,24,26,29-30,32,34-35,37H,18,21-23H2,1-2H3/q+1. The van der Waals surface area contributed by atoms with Crippen LogP contribution < -0.4 is 15.9 Å². The minimum Gasteiger partial charge on any atom is -0.468 e. The van der Waals surface area contributed by atoms with Gasteiger partial charge in [-0.05, 0) is 79.3 Å². The second-order valence-electron chi connectivity index (χ2n) is 12.3. The predicted octanol–water partition coefficient (Wildman–Crippen LogP) is 6.60. The van der Waals surface area contributed by atoms with Crippen LogP contribution in [-0.2, 0) is 9.53 Å². The van der Waals surface area contributed by atoms with Crippen molar-refractivity contribution < 1.29 is 9.53 Å². The van der Waals surface area contributed by atoms with Gasteiger partial charge >= 0.3 is 5.97 Å². The van der Waals surface area contributed by atoms with Crippen LogP contribution in [0.5, 0.6) is 0 Å². The third kappa shape index (κ3) is 4.21. The molecule has 1 N–H and O–H groups in total. The summed E-state index contributed by atoms with van der Waals surface area (Å²) in [5, 5.41) is 8.39. The van der Waals surface area contributed by atoms with Crippen molar-refractivity contribution >= 4 is 23.8 Å². The number of ether oxygens (including phenoxy) is 1. The first-order chi connectivity index (χ1) is 19.6. The van der Waals surface area contributed by atoms with Gasteiger partial charge in [0.2, 0.25) is 0 Å². The van der Waals surface area contributed by atoms with E-state index >= 15 is 0 Å². The number of hydrogen-bond acceptors (Lipinski definition) is 3. The molecule has 3 nitrogen and oxygen atoms in total. The average molecular weight is 549 g/mol. The van der Waals surface area contributed by atoms with Crippen LogP contribution >= 0.6 is 7.26 Å². The summed E-state index contributed by atoms with van der Waals surface area (Å²) in [6.07, 6.45) is 9.82. The lowest BCUT2D eigenvalue weighted by Crippen LogP contribution is -2.42. The Labute approximate surface area is 239 Å². The van der Waals surface area contributed by atoms with E-state index in [9.17, 15) is 4.79 Å². The Morgan fingerprint density at radius 1 is 0.850 bits per heavy atom. The number of esters is 1. The van der Waals surface area contributed by atoms with Crippen molar-refractivity contribution in [3.63, 3.8) is 0 Å². The Hall–Kier alpha value is -3.00. The van der Waals surface area contributed by atoms with Gasteiger partial charge in [-0.25, -0.2) is 0 Å². The van der Waals surface area contributed by atoms with Gasteiger partial charge in [0.05, 0.1) is 12.8 Å². The highest BCUT2D eigenvalue weighted by molar-refractivity contribution is 7.93. The third-order valence-electron chi connectivity index (χ3n) is 9.99. The van der Waals surface area contributed by atoms with Crippen molar-refractivity contribution in [1.29, 1.82) is 0 Å². The van der Waals surface area contributed by atoms with Gasteiger partial charge in [0, 0.05) is 17.5 Å². The summed E-state index contributed by atoms with van der Waals surface area (Å²) in [6.45, 7) is 2.33. The summed E-state index contributed by atoms with van der Waals surface area (Å²) < 4.78 is 5.33. The van der Waals surface area contributed by atoms with Crippen molar-refractivity contribution in [2.75, 3.05) is 7.11 Å². The highest BCUT2D eigenvalue weighted by atomic mass is 31.2. The van der Waals surface area contributed by atoms with Crippen LogP contribution in [0.15, 0.2) is 114 Å². The number of carbonyl (C=O) groups excluding carboxylic acids is 1. The van der Waals surface area contributed by atoms with Gasteiger partial charge in [-0.2, -0.15) is 0 Å². The molecule has 204 valence electrons. The molecule has 7 unspecified atom stereocenters. The summed E-state index contributed by atoms with van der Waals surface area (Å²) in [7, 11) is -0.425.